The molecule has 0 radical (unpaired) electrons. The minimum absolute atomic E-state index is 0.226. The highest BCUT2D eigenvalue weighted by Crippen LogP contribution is 2.41. The van der Waals surface area contributed by atoms with Gasteiger partial charge in [-0.05, 0) is 37.8 Å². The lowest BCUT2D eigenvalue weighted by Crippen LogP contribution is -2.48. The van der Waals surface area contributed by atoms with Crippen LogP contribution in [0, 0.1) is 0 Å². The number of thiophene rings is 1. The topological polar surface area (TPSA) is 41.1 Å². The summed E-state index contributed by atoms with van der Waals surface area (Å²) in [6.07, 6.45) is 5.57. The molecule has 0 aromatic carbocycles. The molecule has 0 bridgehead atoms. The summed E-state index contributed by atoms with van der Waals surface area (Å²) in [7, 11) is 0. The molecule has 1 saturated carbocycles. The van der Waals surface area contributed by atoms with Crippen LogP contribution in [0.15, 0.2) is 17.5 Å². The molecule has 4 heteroatoms. The van der Waals surface area contributed by atoms with Crippen LogP contribution < -0.4 is 10.6 Å². The van der Waals surface area contributed by atoms with Crippen molar-refractivity contribution in [2.75, 3.05) is 13.1 Å². The first-order valence-electron chi connectivity index (χ1n) is 7.74. The number of likely N-dealkylation sites (N-methyl/N-ethyl adjacent to an activating group) is 1. The van der Waals surface area contributed by atoms with Crippen LogP contribution in [0.5, 0.6) is 0 Å². The molecule has 3 nitrogen and oxygen atoms in total. The van der Waals surface area contributed by atoms with Gasteiger partial charge in [-0.15, -0.1) is 11.3 Å². The summed E-state index contributed by atoms with van der Waals surface area (Å²) in [5.74, 6) is 0.226. The molecule has 2 N–H and O–H groups in total. The van der Waals surface area contributed by atoms with Gasteiger partial charge in [0.25, 0.3) is 0 Å². The van der Waals surface area contributed by atoms with E-state index in [0.29, 0.717) is 12.6 Å². The molecule has 1 atom stereocenters. The fraction of sp³-hybridized carbons (Fsp3) is 0.688. The summed E-state index contributed by atoms with van der Waals surface area (Å²) in [6, 6.07) is 4.52. The summed E-state index contributed by atoms with van der Waals surface area (Å²) in [5, 5.41) is 8.59. The zero-order chi connectivity index (χ0) is 14.4. The Kier molecular flexibility index (Phi) is 5.61. The second kappa shape index (κ2) is 7.23. The van der Waals surface area contributed by atoms with Crippen LogP contribution in [-0.2, 0) is 10.2 Å². The summed E-state index contributed by atoms with van der Waals surface area (Å²) >= 11 is 1.72. The van der Waals surface area contributed by atoms with Crippen LogP contribution in [0.1, 0.15) is 50.8 Å². The molecular formula is C16H26N2OS. The van der Waals surface area contributed by atoms with Gasteiger partial charge < -0.3 is 10.6 Å². The molecule has 1 heterocycles. The summed E-state index contributed by atoms with van der Waals surface area (Å²) < 4.78 is 0. The molecular weight excluding hydrogens is 268 g/mol. The van der Waals surface area contributed by atoms with Crippen molar-refractivity contribution in [1.82, 2.24) is 10.6 Å². The van der Waals surface area contributed by atoms with Crippen molar-refractivity contribution >= 4 is 17.2 Å². The second-order valence-electron chi connectivity index (χ2n) is 5.79. The zero-order valence-corrected chi connectivity index (χ0v) is 13.4. The van der Waals surface area contributed by atoms with Gasteiger partial charge in [-0.2, -0.15) is 0 Å². The summed E-state index contributed by atoms with van der Waals surface area (Å²) in [6.45, 7) is 5.85. The normalized spacial score (nSPS) is 19.5. The molecule has 0 unspecified atom stereocenters. The highest BCUT2D eigenvalue weighted by atomic mass is 32.1. The standard InChI is InChI=1S/C16H26N2OS/c1-3-17-13(2)12-18-15(19)16(9-5-4-6-10-16)14-8-7-11-20-14/h7-8,11,13,17H,3-6,9-10,12H2,1-2H3,(H,18,19)/t13-/m1/s1. The molecule has 0 aliphatic heterocycles. The first kappa shape index (κ1) is 15.5. The van der Waals surface area contributed by atoms with Gasteiger partial charge in [0.1, 0.15) is 0 Å². The van der Waals surface area contributed by atoms with E-state index in [9.17, 15) is 4.79 Å². The molecule has 20 heavy (non-hydrogen) atoms. The minimum atomic E-state index is -0.266. The van der Waals surface area contributed by atoms with Gasteiger partial charge >= 0.3 is 0 Å². The third kappa shape index (κ3) is 3.41. The maximum absolute atomic E-state index is 12.8. The van der Waals surface area contributed by atoms with Crippen molar-refractivity contribution < 1.29 is 4.79 Å². The highest BCUT2D eigenvalue weighted by Gasteiger charge is 2.41. The van der Waals surface area contributed by atoms with E-state index < -0.39 is 0 Å². The Morgan fingerprint density at radius 1 is 1.40 bits per heavy atom. The summed E-state index contributed by atoms with van der Waals surface area (Å²) in [5.41, 5.74) is -0.266. The number of nitrogens with one attached hydrogen (secondary N) is 2. The molecule has 1 aromatic heterocycles. The third-order valence-corrected chi connectivity index (χ3v) is 5.33. The van der Waals surface area contributed by atoms with E-state index >= 15 is 0 Å². The fourth-order valence-electron chi connectivity index (χ4n) is 3.13. The van der Waals surface area contributed by atoms with Gasteiger partial charge in [0, 0.05) is 17.5 Å². The molecule has 112 valence electrons. The van der Waals surface area contributed by atoms with Crippen LogP contribution in [0.3, 0.4) is 0 Å². The van der Waals surface area contributed by atoms with Crippen molar-refractivity contribution in [2.24, 2.45) is 0 Å². The molecule has 1 aliphatic carbocycles. The van der Waals surface area contributed by atoms with Crippen molar-refractivity contribution in [3.05, 3.63) is 22.4 Å². The van der Waals surface area contributed by atoms with E-state index in [-0.39, 0.29) is 11.3 Å². The van der Waals surface area contributed by atoms with Gasteiger partial charge in [0.2, 0.25) is 5.91 Å². The van der Waals surface area contributed by atoms with Crippen LogP contribution in [-0.4, -0.2) is 25.0 Å². The number of rotatable bonds is 6. The van der Waals surface area contributed by atoms with Gasteiger partial charge in [0.15, 0.2) is 0 Å². The Morgan fingerprint density at radius 3 is 2.75 bits per heavy atom. The quantitative estimate of drug-likeness (QED) is 0.846. The van der Waals surface area contributed by atoms with E-state index in [1.165, 1.54) is 11.3 Å². The molecule has 1 aromatic rings. The summed E-state index contributed by atoms with van der Waals surface area (Å²) in [4.78, 5) is 14.0. The Balaban J connectivity index is 2.05. The number of carbonyl (C=O) groups is 1. The van der Waals surface area contributed by atoms with Crippen LogP contribution in [0.2, 0.25) is 0 Å². The van der Waals surface area contributed by atoms with Crippen molar-refractivity contribution in [2.45, 2.75) is 57.4 Å². The fourth-order valence-corrected chi connectivity index (χ4v) is 4.11. The molecule has 1 fully saturated rings. The van der Waals surface area contributed by atoms with Crippen molar-refractivity contribution in [1.29, 1.82) is 0 Å². The van der Waals surface area contributed by atoms with E-state index in [1.54, 1.807) is 11.3 Å². The lowest BCUT2D eigenvalue weighted by atomic mass is 9.72. The monoisotopic (exact) mass is 294 g/mol. The Hall–Kier alpha value is -0.870. The van der Waals surface area contributed by atoms with Gasteiger partial charge in [-0.25, -0.2) is 0 Å². The lowest BCUT2D eigenvalue weighted by Gasteiger charge is -2.35. The molecule has 2 rings (SSSR count). The van der Waals surface area contributed by atoms with E-state index in [1.807, 2.05) is 0 Å². The Labute approximate surface area is 126 Å². The van der Waals surface area contributed by atoms with Crippen molar-refractivity contribution in [3.8, 4) is 0 Å². The smallest absolute Gasteiger partial charge is 0.231 e. The number of amides is 1. The molecule has 0 saturated heterocycles. The minimum Gasteiger partial charge on any atom is -0.354 e. The van der Waals surface area contributed by atoms with Crippen LogP contribution >= 0.6 is 11.3 Å². The van der Waals surface area contributed by atoms with Crippen LogP contribution in [0.4, 0.5) is 0 Å². The SMILES string of the molecule is CCN[C@H](C)CNC(=O)C1(c2cccs2)CCCCC1. The zero-order valence-electron chi connectivity index (χ0n) is 12.6. The van der Waals surface area contributed by atoms with Gasteiger partial charge in [-0.3, -0.25) is 4.79 Å². The van der Waals surface area contributed by atoms with Crippen LogP contribution in [0.25, 0.3) is 0 Å². The number of hydrogen-bond acceptors (Lipinski definition) is 3. The number of carbonyl (C=O) groups excluding carboxylic acids is 1. The largest absolute Gasteiger partial charge is 0.354 e. The Bertz CT molecular complexity index is 410. The second-order valence-corrected chi connectivity index (χ2v) is 6.74. The predicted molar refractivity (Wildman–Crippen MR) is 85.2 cm³/mol. The molecule has 0 spiro atoms. The van der Waals surface area contributed by atoms with Gasteiger partial charge in [-0.1, -0.05) is 32.3 Å². The van der Waals surface area contributed by atoms with Crippen molar-refractivity contribution in [3.63, 3.8) is 0 Å². The first-order chi connectivity index (χ1) is 9.69. The first-order valence-corrected chi connectivity index (χ1v) is 8.62. The van der Waals surface area contributed by atoms with E-state index in [0.717, 1.165) is 32.2 Å². The average Bonchev–Trinajstić information content (AvgIpc) is 3.00. The third-order valence-electron chi connectivity index (χ3n) is 4.26. The maximum Gasteiger partial charge on any atom is 0.231 e. The molecule has 1 amide bonds. The average molecular weight is 294 g/mol. The predicted octanol–water partition coefficient (Wildman–Crippen LogP) is 3.06. The Morgan fingerprint density at radius 2 is 2.15 bits per heavy atom. The maximum atomic E-state index is 12.8. The van der Waals surface area contributed by atoms with Gasteiger partial charge in [0.05, 0.1) is 5.41 Å². The highest BCUT2D eigenvalue weighted by molar-refractivity contribution is 7.10. The number of hydrogen-bond donors (Lipinski definition) is 2. The van der Waals surface area contributed by atoms with E-state index in [4.69, 9.17) is 0 Å². The van der Waals surface area contributed by atoms with E-state index in [2.05, 4.69) is 42.0 Å². The lowest BCUT2D eigenvalue weighted by molar-refractivity contribution is -0.128. The molecule has 1 aliphatic rings.